The van der Waals surface area contributed by atoms with Gasteiger partial charge in [-0.1, -0.05) is 12.1 Å². The summed E-state index contributed by atoms with van der Waals surface area (Å²) in [5.74, 6) is -0.0793. The van der Waals surface area contributed by atoms with Gasteiger partial charge in [0, 0.05) is 29.9 Å². The lowest BCUT2D eigenvalue weighted by atomic mass is 10.1. The third-order valence-corrected chi connectivity index (χ3v) is 5.74. The molecule has 6 nitrogen and oxygen atoms in total. The maximum Gasteiger partial charge on any atom is 0.261 e. The van der Waals surface area contributed by atoms with Crippen molar-refractivity contribution in [3.63, 3.8) is 0 Å². The van der Waals surface area contributed by atoms with Gasteiger partial charge in [-0.25, -0.2) is 8.42 Å². The molecule has 1 aliphatic heterocycles. The number of benzene rings is 2. The van der Waals surface area contributed by atoms with Gasteiger partial charge in [0.2, 0.25) is 5.91 Å². The molecular formula is C19H20N2O4S. The lowest BCUT2D eigenvalue weighted by Gasteiger charge is -2.19. The second kappa shape index (κ2) is 6.92. The number of carbonyl (C=O) groups excluding carboxylic acids is 2. The molecule has 0 aliphatic carbocycles. The number of amides is 1. The van der Waals surface area contributed by atoms with Gasteiger partial charge in [-0.05, 0) is 56.2 Å². The third kappa shape index (κ3) is 3.62. The Morgan fingerprint density at radius 1 is 1.15 bits per heavy atom. The molecule has 1 N–H and O–H groups in total. The molecule has 136 valence electrons. The van der Waals surface area contributed by atoms with E-state index in [2.05, 4.69) is 4.72 Å². The summed E-state index contributed by atoms with van der Waals surface area (Å²) in [5.41, 5.74) is 2.23. The molecule has 1 aliphatic rings. The van der Waals surface area contributed by atoms with Gasteiger partial charge in [0.1, 0.15) is 0 Å². The Hall–Kier alpha value is -2.67. The molecule has 0 unspecified atom stereocenters. The highest BCUT2D eigenvalue weighted by molar-refractivity contribution is 7.92. The number of nitrogens with one attached hydrogen (secondary N) is 1. The van der Waals surface area contributed by atoms with Crippen LogP contribution in [0, 0.1) is 6.92 Å². The van der Waals surface area contributed by atoms with Crippen molar-refractivity contribution in [1.82, 2.24) is 0 Å². The van der Waals surface area contributed by atoms with Gasteiger partial charge in [0.05, 0.1) is 4.90 Å². The number of hydrogen-bond donors (Lipinski definition) is 1. The van der Waals surface area contributed by atoms with Crippen LogP contribution < -0.4 is 9.62 Å². The minimum atomic E-state index is -3.80. The number of carbonyl (C=O) groups is 2. The van der Waals surface area contributed by atoms with E-state index < -0.39 is 10.0 Å². The second-order valence-corrected chi connectivity index (χ2v) is 8.02. The molecule has 26 heavy (non-hydrogen) atoms. The quantitative estimate of drug-likeness (QED) is 0.818. The zero-order valence-electron chi connectivity index (χ0n) is 14.7. The molecule has 0 bridgehead atoms. The molecule has 0 saturated carbocycles. The van der Waals surface area contributed by atoms with Crippen LogP contribution in [0.4, 0.5) is 11.4 Å². The van der Waals surface area contributed by atoms with Crippen molar-refractivity contribution in [2.45, 2.75) is 31.6 Å². The van der Waals surface area contributed by atoms with Crippen LogP contribution in [0.3, 0.4) is 0 Å². The molecular weight excluding hydrogens is 352 g/mol. The Labute approximate surface area is 152 Å². The van der Waals surface area contributed by atoms with Gasteiger partial charge >= 0.3 is 0 Å². The molecule has 0 radical (unpaired) electrons. The van der Waals surface area contributed by atoms with Gasteiger partial charge in [0.25, 0.3) is 10.0 Å². The van der Waals surface area contributed by atoms with Crippen LogP contribution in [-0.4, -0.2) is 26.7 Å². The molecule has 1 heterocycles. The number of aryl methyl sites for hydroxylation is 1. The fourth-order valence-electron chi connectivity index (χ4n) is 3.02. The molecule has 1 amide bonds. The van der Waals surface area contributed by atoms with Gasteiger partial charge < -0.3 is 4.90 Å². The van der Waals surface area contributed by atoms with Crippen molar-refractivity contribution in [1.29, 1.82) is 0 Å². The summed E-state index contributed by atoms with van der Waals surface area (Å²) in [6.45, 7) is 3.87. The summed E-state index contributed by atoms with van der Waals surface area (Å²) in [7, 11) is -3.80. The van der Waals surface area contributed by atoms with Crippen molar-refractivity contribution >= 4 is 33.1 Å². The Bertz CT molecular complexity index is 983. The topological polar surface area (TPSA) is 83.6 Å². The van der Waals surface area contributed by atoms with Crippen molar-refractivity contribution in [2.75, 3.05) is 16.2 Å². The van der Waals surface area contributed by atoms with Crippen LogP contribution >= 0.6 is 0 Å². The van der Waals surface area contributed by atoms with Crippen LogP contribution in [-0.2, 0) is 14.8 Å². The van der Waals surface area contributed by atoms with E-state index in [0.717, 1.165) is 17.7 Å². The number of hydrogen-bond acceptors (Lipinski definition) is 4. The first kappa shape index (κ1) is 18.1. The summed E-state index contributed by atoms with van der Waals surface area (Å²) in [5, 5.41) is 0. The zero-order chi connectivity index (χ0) is 18.9. The molecule has 2 aromatic carbocycles. The Morgan fingerprint density at radius 3 is 2.54 bits per heavy atom. The van der Waals surface area contributed by atoms with Crippen LogP contribution in [0.25, 0.3) is 0 Å². The standard InChI is InChI=1S/C19H20N2O4S/c1-13-11-17(8-9-18(13)21-10-4-7-19(21)23)26(24,25)20-16-6-3-5-15(12-16)14(2)22/h3,5-6,8-9,11-12,20H,4,7,10H2,1-2H3. The summed E-state index contributed by atoms with van der Waals surface area (Å²) >= 11 is 0. The lowest BCUT2D eigenvalue weighted by Crippen LogP contribution is -2.24. The number of nitrogens with zero attached hydrogens (tertiary/aromatic N) is 1. The van der Waals surface area contributed by atoms with Crippen LogP contribution in [0.15, 0.2) is 47.4 Å². The van der Waals surface area contributed by atoms with E-state index in [1.807, 2.05) is 0 Å². The first-order chi connectivity index (χ1) is 12.3. The van der Waals surface area contributed by atoms with E-state index in [1.165, 1.54) is 19.1 Å². The number of ketones is 1. The molecule has 7 heteroatoms. The normalized spacial score (nSPS) is 14.5. The first-order valence-corrected chi connectivity index (χ1v) is 9.81. The third-order valence-electron chi connectivity index (χ3n) is 4.36. The predicted molar refractivity (Wildman–Crippen MR) is 100 cm³/mol. The van der Waals surface area contributed by atoms with Crippen molar-refractivity contribution in [3.8, 4) is 0 Å². The minimum Gasteiger partial charge on any atom is -0.312 e. The van der Waals surface area contributed by atoms with Gasteiger partial charge in [0.15, 0.2) is 5.78 Å². The fourth-order valence-corrected chi connectivity index (χ4v) is 4.15. The van der Waals surface area contributed by atoms with E-state index in [0.29, 0.717) is 24.2 Å². The average Bonchev–Trinajstić information content (AvgIpc) is 3.00. The summed E-state index contributed by atoms with van der Waals surface area (Å²) in [4.78, 5) is 25.2. The number of anilines is 2. The highest BCUT2D eigenvalue weighted by Crippen LogP contribution is 2.28. The number of rotatable bonds is 5. The van der Waals surface area contributed by atoms with Gasteiger partial charge in [-0.15, -0.1) is 0 Å². The van der Waals surface area contributed by atoms with E-state index in [1.54, 1.807) is 42.2 Å². The molecule has 2 aromatic rings. The van der Waals surface area contributed by atoms with Crippen LogP contribution in [0.5, 0.6) is 0 Å². The molecule has 0 aromatic heterocycles. The monoisotopic (exact) mass is 372 g/mol. The van der Waals surface area contributed by atoms with Crippen molar-refractivity contribution < 1.29 is 18.0 Å². The van der Waals surface area contributed by atoms with E-state index in [4.69, 9.17) is 0 Å². The number of Topliss-reactive ketones (excluding diaryl/α,β-unsaturated/α-hetero) is 1. The molecule has 3 rings (SSSR count). The highest BCUT2D eigenvalue weighted by atomic mass is 32.2. The second-order valence-electron chi connectivity index (χ2n) is 6.34. The fraction of sp³-hybridized carbons (Fsp3) is 0.263. The van der Waals surface area contributed by atoms with Crippen LogP contribution in [0.2, 0.25) is 0 Å². The minimum absolute atomic E-state index is 0.0582. The first-order valence-electron chi connectivity index (χ1n) is 8.33. The molecule has 1 fully saturated rings. The van der Waals surface area contributed by atoms with Gasteiger partial charge in [-0.3, -0.25) is 14.3 Å². The lowest BCUT2D eigenvalue weighted by molar-refractivity contribution is -0.117. The summed E-state index contributed by atoms with van der Waals surface area (Å²) < 4.78 is 27.8. The zero-order valence-corrected chi connectivity index (χ0v) is 15.5. The molecule has 1 saturated heterocycles. The molecule has 0 spiro atoms. The Balaban J connectivity index is 1.88. The number of sulfonamides is 1. The average molecular weight is 372 g/mol. The SMILES string of the molecule is CC(=O)c1cccc(NS(=O)(=O)c2ccc(N3CCCC3=O)c(C)c2)c1. The Kier molecular flexibility index (Phi) is 4.82. The maximum absolute atomic E-state index is 12.7. The van der Waals surface area contributed by atoms with Crippen molar-refractivity contribution in [2.24, 2.45) is 0 Å². The summed E-state index contributed by atoms with van der Waals surface area (Å²) in [6.07, 6.45) is 1.33. The smallest absolute Gasteiger partial charge is 0.261 e. The van der Waals surface area contributed by atoms with Gasteiger partial charge in [-0.2, -0.15) is 0 Å². The highest BCUT2D eigenvalue weighted by Gasteiger charge is 2.24. The predicted octanol–water partition coefficient (Wildman–Crippen LogP) is 3.13. The maximum atomic E-state index is 12.7. The van der Waals surface area contributed by atoms with E-state index >= 15 is 0 Å². The van der Waals surface area contributed by atoms with Crippen molar-refractivity contribution in [3.05, 3.63) is 53.6 Å². The largest absolute Gasteiger partial charge is 0.312 e. The van der Waals surface area contributed by atoms with E-state index in [9.17, 15) is 18.0 Å². The molecule has 0 atom stereocenters. The van der Waals surface area contributed by atoms with E-state index in [-0.39, 0.29) is 16.6 Å². The Morgan fingerprint density at radius 2 is 1.92 bits per heavy atom. The van der Waals surface area contributed by atoms with Crippen LogP contribution in [0.1, 0.15) is 35.7 Å². The summed E-state index contributed by atoms with van der Waals surface area (Å²) in [6, 6.07) is 11.1.